The summed E-state index contributed by atoms with van der Waals surface area (Å²) in [6, 6.07) is 18.0. The molecule has 4 aliphatic heterocycles. The highest BCUT2D eigenvalue weighted by Gasteiger charge is 2.52. The largest absolute Gasteiger partial charge is 0.385 e. The highest BCUT2D eigenvalue weighted by Crippen LogP contribution is 2.56. The van der Waals surface area contributed by atoms with Gasteiger partial charge >= 0.3 is 0 Å². The van der Waals surface area contributed by atoms with Crippen LogP contribution in [0.4, 0.5) is 11.8 Å². The number of hydrogen-bond donors (Lipinski definition) is 3. The molecule has 3 amide bonds. The maximum Gasteiger partial charge on any atom is 0.263 e. The second-order valence-electron chi connectivity index (χ2n) is 20.3. The summed E-state index contributed by atoms with van der Waals surface area (Å²) >= 11 is 0. The zero-order chi connectivity index (χ0) is 46.2. The molecule has 1 spiro atoms. The Kier molecular flexibility index (Phi) is 10.9. The van der Waals surface area contributed by atoms with E-state index in [0.717, 1.165) is 94.3 Å². The van der Waals surface area contributed by atoms with Gasteiger partial charge in [0.1, 0.15) is 17.5 Å². The number of nitrogens with one attached hydrogen (secondary N) is 2. The smallest absolute Gasteiger partial charge is 0.263 e. The van der Waals surface area contributed by atoms with Gasteiger partial charge in [0.2, 0.25) is 17.8 Å². The number of carbonyl (C=O) groups is 4. The second-order valence-corrected chi connectivity index (χ2v) is 20.3. The first-order valence-electron chi connectivity index (χ1n) is 24.0. The van der Waals surface area contributed by atoms with E-state index in [-0.39, 0.29) is 41.2 Å². The van der Waals surface area contributed by atoms with Crippen LogP contribution in [0, 0.1) is 12.3 Å². The number of aryl methyl sites for hydroxylation is 1. The zero-order valence-corrected chi connectivity index (χ0v) is 38.2. The number of amides is 3. The van der Waals surface area contributed by atoms with Crippen molar-refractivity contribution in [3.05, 3.63) is 122 Å². The lowest BCUT2D eigenvalue weighted by atomic mass is 9.56. The molecule has 5 aromatic rings. The van der Waals surface area contributed by atoms with Crippen LogP contribution in [0.15, 0.2) is 71.8 Å². The van der Waals surface area contributed by atoms with Gasteiger partial charge in [-0.15, -0.1) is 0 Å². The van der Waals surface area contributed by atoms with Crippen LogP contribution < -0.4 is 16.2 Å². The minimum atomic E-state index is -0.987. The Bertz CT molecular complexity index is 2870. The molecule has 3 N–H and O–H groups in total. The van der Waals surface area contributed by atoms with Crippen molar-refractivity contribution in [2.75, 3.05) is 31.5 Å². The normalized spacial score (nSPS) is 21.9. The van der Waals surface area contributed by atoms with Crippen molar-refractivity contribution in [1.29, 1.82) is 0 Å². The van der Waals surface area contributed by atoms with Gasteiger partial charge in [0, 0.05) is 81.6 Å². The van der Waals surface area contributed by atoms with Gasteiger partial charge in [-0.25, -0.2) is 9.97 Å². The lowest BCUT2D eigenvalue weighted by Crippen LogP contribution is -2.61. The molecule has 0 bridgehead atoms. The van der Waals surface area contributed by atoms with Crippen molar-refractivity contribution in [1.82, 2.24) is 39.5 Å². The number of aromatic nitrogens is 4. The van der Waals surface area contributed by atoms with E-state index >= 15 is 0 Å². The van der Waals surface area contributed by atoms with Crippen LogP contribution in [0.1, 0.15) is 137 Å². The van der Waals surface area contributed by atoms with Gasteiger partial charge in [0.15, 0.2) is 5.78 Å². The number of carbonyl (C=O) groups excluding carboxylic acids is 4. The Morgan fingerprint density at radius 3 is 2.27 bits per heavy atom. The summed E-state index contributed by atoms with van der Waals surface area (Å²) in [5.74, 6) is 0.333. The predicted molar refractivity (Wildman–Crippen MR) is 251 cm³/mol. The fourth-order valence-electron chi connectivity index (χ4n) is 12.1. The predicted octanol–water partition coefficient (Wildman–Crippen LogP) is 6.18. The molecule has 1 unspecified atom stereocenters. The number of piperidine rings is 2. The van der Waals surface area contributed by atoms with E-state index in [9.17, 15) is 29.1 Å². The molecule has 15 nitrogen and oxygen atoms in total. The molecule has 7 heterocycles. The Balaban J connectivity index is 0.638. The van der Waals surface area contributed by atoms with E-state index in [1.54, 1.807) is 28.7 Å². The molecule has 1 atom stereocenters. The van der Waals surface area contributed by atoms with Gasteiger partial charge in [-0.1, -0.05) is 55.3 Å². The summed E-state index contributed by atoms with van der Waals surface area (Å²) in [6.07, 6.45) is 11.6. The lowest BCUT2D eigenvalue weighted by Gasteiger charge is -2.59. The molecular formula is C52H57N9O6. The minimum Gasteiger partial charge on any atom is -0.385 e. The third kappa shape index (κ3) is 8.04. The summed E-state index contributed by atoms with van der Waals surface area (Å²) in [5.41, 5.74) is 6.53. The third-order valence-corrected chi connectivity index (χ3v) is 15.8. The summed E-state index contributed by atoms with van der Waals surface area (Å²) < 4.78 is 1.73. The molecule has 346 valence electrons. The first-order valence-corrected chi connectivity index (χ1v) is 24.0. The topological polar surface area (TPSA) is 183 Å². The SMILES string of the molecule is CC(=O)c1c(C)c2cnc(Nc3ccc(C4CC5(C4)CN(Cc4ccc(CN6CCC(O)(c7ccc8c(c7)CN(C7CCC(=O)NC7=O)C8=O)CC6)cc4)C5)cn3)nc2n(C2CCCC2)c1=O. The number of imide groups is 1. The first-order chi connectivity index (χ1) is 32.3. The first kappa shape index (κ1) is 43.4. The second kappa shape index (κ2) is 16.9. The molecule has 15 heteroatoms. The summed E-state index contributed by atoms with van der Waals surface area (Å²) in [4.78, 5) is 84.0. The van der Waals surface area contributed by atoms with Gasteiger partial charge in [0.05, 0.1) is 11.2 Å². The molecule has 0 radical (unpaired) electrons. The number of benzene rings is 2. The number of ketones is 1. The number of aliphatic hydroxyl groups is 1. The maximum absolute atomic E-state index is 13.6. The molecule has 3 saturated heterocycles. The molecular weight excluding hydrogens is 847 g/mol. The van der Waals surface area contributed by atoms with Gasteiger partial charge < -0.3 is 15.3 Å². The quantitative estimate of drug-likeness (QED) is 0.101. The van der Waals surface area contributed by atoms with Gasteiger partial charge in [0.25, 0.3) is 11.5 Å². The Hall–Kier alpha value is -6.16. The fraction of sp³-hybridized carbons (Fsp3) is 0.462. The fourth-order valence-corrected chi connectivity index (χ4v) is 12.1. The average Bonchev–Trinajstić information content (AvgIpc) is 3.93. The van der Waals surface area contributed by atoms with Crippen molar-refractivity contribution < 1.29 is 24.3 Å². The third-order valence-electron chi connectivity index (χ3n) is 15.8. The maximum atomic E-state index is 13.6. The number of rotatable bonds is 11. The molecule has 5 fully saturated rings. The van der Waals surface area contributed by atoms with Crippen LogP contribution in [0.5, 0.6) is 0 Å². The van der Waals surface area contributed by atoms with Crippen molar-refractivity contribution in [2.24, 2.45) is 5.41 Å². The van der Waals surface area contributed by atoms with Crippen LogP contribution >= 0.6 is 0 Å². The van der Waals surface area contributed by atoms with Gasteiger partial charge in [-0.2, -0.15) is 4.98 Å². The monoisotopic (exact) mass is 903 g/mol. The molecule has 11 rings (SSSR count). The van der Waals surface area contributed by atoms with E-state index in [1.165, 1.54) is 23.6 Å². The summed E-state index contributed by atoms with van der Waals surface area (Å²) in [5, 5.41) is 18.1. The van der Waals surface area contributed by atoms with Crippen LogP contribution in [-0.4, -0.2) is 95.1 Å². The molecule has 2 aromatic carbocycles. The number of Topliss-reactive ketones (excluding diaryl/α,β-unsaturated/α-hetero) is 1. The number of fused-ring (bicyclic) bond motifs is 2. The highest BCUT2D eigenvalue weighted by atomic mass is 16.3. The molecule has 2 aliphatic carbocycles. The van der Waals surface area contributed by atoms with Gasteiger partial charge in [-0.3, -0.25) is 43.7 Å². The van der Waals surface area contributed by atoms with E-state index < -0.39 is 17.6 Å². The Morgan fingerprint density at radius 2 is 1.60 bits per heavy atom. The van der Waals surface area contributed by atoms with Crippen LogP contribution in [-0.2, 0) is 34.8 Å². The van der Waals surface area contributed by atoms with E-state index in [2.05, 4.69) is 55.7 Å². The Morgan fingerprint density at radius 1 is 0.881 bits per heavy atom. The molecule has 2 saturated carbocycles. The number of nitrogens with zero attached hydrogens (tertiary/aromatic N) is 7. The summed E-state index contributed by atoms with van der Waals surface area (Å²) in [6.45, 7) is 9.01. The van der Waals surface area contributed by atoms with Crippen LogP contribution in [0.3, 0.4) is 0 Å². The lowest BCUT2D eigenvalue weighted by molar-refractivity contribution is -0.136. The highest BCUT2D eigenvalue weighted by molar-refractivity contribution is 6.05. The molecule has 6 aliphatic rings. The number of hydrogen-bond acceptors (Lipinski definition) is 12. The average molecular weight is 904 g/mol. The van der Waals surface area contributed by atoms with Crippen molar-refractivity contribution >= 4 is 46.3 Å². The van der Waals surface area contributed by atoms with Gasteiger partial charge in [-0.05, 0) is 116 Å². The number of anilines is 2. The molecule has 67 heavy (non-hydrogen) atoms. The van der Waals surface area contributed by atoms with Crippen molar-refractivity contribution in [2.45, 2.75) is 121 Å². The minimum absolute atomic E-state index is 0.0197. The standard InChI is InChI=1S/C52H57N9O6/c1-31-41-25-54-50(57-46(41)61(39-5-3-4-6-39)49(66)45(31)32(2)62)55-43-15-11-35(24-53-43)37-22-51(23-37)29-59(30-51)27-34-9-7-33(8-10-34)26-58-19-17-52(67,18-20-58)38-12-13-40-36(21-38)28-60(48(40)65)42-14-16-44(63)56-47(42)64/h7-13,15,21,24-25,37,39,42,67H,3-6,14,16-20,22-23,26-30H2,1-2H3,(H,56,63,64)(H,53,54,55,57). The van der Waals surface area contributed by atoms with E-state index in [1.807, 2.05) is 24.4 Å². The van der Waals surface area contributed by atoms with Crippen LogP contribution in [0.2, 0.25) is 0 Å². The van der Waals surface area contributed by atoms with Crippen molar-refractivity contribution in [3.8, 4) is 0 Å². The van der Waals surface area contributed by atoms with Crippen molar-refractivity contribution in [3.63, 3.8) is 0 Å². The van der Waals surface area contributed by atoms with Crippen LogP contribution in [0.25, 0.3) is 11.0 Å². The van der Waals surface area contributed by atoms with E-state index in [0.29, 0.717) is 65.7 Å². The Labute approximate surface area is 389 Å². The zero-order valence-electron chi connectivity index (χ0n) is 38.2. The number of pyridine rings is 2. The molecule has 3 aromatic heterocycles. The van der Waals surface area contributed by atoms with E-state index in [4.69, 9.17) is 9.97 Å². The number of likely N-dealkylation sites (tertiary alicyclic amines) is 2. The summed E-state index contributed by atoms with van der Waals surface area (Å²) in [7, 11) is 0.